The molecule has 0 heterocycles. The van der Waals surface area contributed by atoms with Gasteiger partial charge in [0.25, 0.3) is 0 Å². The lowest BCUT2D eigenvalue weighted by molar-refractivity contribution is 0.465. The maximum absolute atomic E-state index is 2.41. The Morgan fingerprint density at radius 3 is 0.842 bits per heavy atom. The van der Waals surface area contributed by atoms with E-state index in [9.17, 15) is 0 Å². The molecule has 0 saturated heterocycles. The molecular formula is C19H38. The predicted molar refractivity (Wildman–Crippen MR) is 87.7 cm³/mol. The first-order chi connectivity index (χ1) is 9.39. The zero-order valence-corrected chi connectivity index (χ0v) is 13.6. The fraction of sp³-hybridized carbons (Fsp3) is 1.00. The van der Waals surface area contributed by atoms with Crippen molar-refractivity contribution in [3.63, 3.8) is 0 Å². The summed E-state index contributed by atoms with van der Waals surface area (Å²) >= 11 is 0. The minimum absolute atomic E-state index is 1.01. The van der Waals surface area contributed by atoms with E-state index in [-0.39, 0.29) is 0 Å². The summed E-state index contributed by atoms with van der Waals surface area (Å²) in [5, 5.41) is 0. The zero-order chi connectivity index (χ0) is 13.6. The van der Waals surface area contributed by atoms with Gasteiger partial charge in [-0.15, -0.1) is 0 Å². The van der Waals surface area contributed by atoms with Crippen LogP contribution in [0.2, 0.25) is 0 Å². The normalized spacial score (nSPS) is 24.5. The highest BCUT2D eigenvalue weighted by molar-refractivity contribution is 4.57. The minimum Gasteiger partial charge on any atom is -0.0625 e. The van der Waals surface area contributed by atoms with Crippen molar-refractivity contribution in [2.24, 2.45) is 5.92 Å². The second-order valence-electron chi connectivity index (χ2n) is 6.99. The molecule has 2 aliphatic rings. The summed E-state index contributed by atoms with van der Waals surface area (Å²) in [5.41, 5.74) is 0. The summed E-state index contributed by atoms with van der Waals surface area (Å²) in [7, 11) is 0. The van der Waals surface area contributed by atoms with Crippen molar-refractivity contribution in [3.05, 3.63) is 0 Å². The van der Waals surface area contributed by atoms with Crippen molar-refractivity contribution in [1.29, 1.82) is 0 Å². The van der Waals surface area contributed by atoms with E-state index in [2.05, 4.69) is 6.92 Å². The van der Waals surface area contributed by atoms with Gasteiger partial charge in [0.05, 0.1) is 0 Å². The maximum atomic E-state index is 2.41. The average Bonchev–Trinajstić information content (AvgIpc) is 2.64. The molecule has 0 aromatic carbocycles. The monoisotopic (exact) mass is 266 g/mol. The predicted octanol–water partition coefficient (Wildman–Crippen LogP) is 7.27. The summed E-state index contributed by atoms with van der Waals surface area (Å²) in [4.78, 5) is 0. The van der Waals surface area contributed by atoms with Crippen LogP contribution in [0.15, 0.2) is 0 Å². The summed E-state index contributed by atoms with van der Waals surface area (Å²) in [6.07, 6.45) is 25.4. The Labute approximate surface area is 122 Å². The lowest BCUT2D eigenvalue weighted by Gasteiger charge is -2.07. The molecule has 2 saturated carbocycles. The van der Waals surface area contributed by atoms with Crippen LogP contribution in [0.1, 0.15) is 116 Å². The lowest BCUT2D eigenvalue weighted by Crippen LogP contribution is -1.92. The van der Waals surface area contributed by atoms with Crippen LogP contribution < -0.4 is 0 Å². The number of hydrogen-bond acceptors (Lipinski definition) is 0. The first-order valence-electron chi connectivity index (χ1n) is 9.39. The third-order valence-corrected chi connectivity index (χ3v) is 4.89. The van der Waals surface area contributed by atoms with Gasteiger partial charge in [0.1, 0.15) is 0 Å². The Kier molecular flexibility index (Phi) is 11.7. The van der Waals surface area contributed by atoms with Gasteiger partial charge >= 0.3 is 0 Å². The van der Waals surface area contributed by atoms with Crippen molar-refractivity contribution < 1.29 is 0 Å². The third kappa shape index (κ3) is 11.5. The molecule has 114 valence electrons. The minimum atomic E-state index is 1.01. The second-order valence-corrected chi connectivity index (χ2v) is 6.99. The first kappa shape index (κ1) is 17.1. The van der Waals surface area contributed by atoms with Crippen molar-refractivity contribution in [2.45, 2.75) is 116 Å². The van der Waals surface area contributed by atoms with Crippen molar-refractivity contribution in [2.75, 3.05) is 0 Å². The van der Waals surface area contributed by atoms with E-state index in [0.29, 0.717) is 0 Å². The molecule has 0 aromatic rings. The van der Waals surface area contributed by atoms with E-state index in [1.54, 1.807) is 0 Å². The van der Waals surface area contributed by atoms with E-state index >= 15 is 0 Å². The molecule has 0 N–H and O–H groups in total. The van der Waals surface area contributed by atoms with Gasteiger partial charge in [-0.1, -0.05) is 116 Å². The molecule has 0 atom stereocenters. The Morgan fingerprint density at radius 2 is 0.579 bits per heavy atom. The van der Waals surface area contributed by atoms with Crippen LogP contribution in [0.3, 0.4) is 0 Å². The van der Waals surface area contributed by atoms with Crippen LogP contribution >= 0.6 is 0 Å². The molecule has 0 nitrogen and oxygen atoms in total. The Balaban J connectivity index is 0.000000191. The van der Waals surface area contributed by atoms with E-state index in [1.165, 1.54) is 109 Å². The fourth-order valence-corrected chi connectivity index (χ4v) is 3.43. The lowest BCUT2D eigenvalue weighted by atomic mass is 10.00. The molecule has 0 bridgehead atoms. The Morgan fingerprint density at radius 1 is 0.368 bits per heavy atom. The molecule has 0 amide bonds. The van der Waals surface area contributed by atoms with Gasteiger partial charge in [-0.25, -0.2) is 0 Å². The van der Waals surface area contributed by atoms with E-state index in [0.717, 1.165) is 5.92 Å². The highest BCUT2D eigenvalue weighted by Crippen LogP contribution is 2.20. The maximum Gasteiger partial charge on any atom is -0.0443 e. The smallest absolute Gasteiger partial charge is 0.0443 e. The summed E-state index contributed by atoms with van der Waals surface area (Å²) < 4.78 is 0. The largest absolute Gasteiger partial charge is 0.0625 e. The molecule has 0 radical (unpaired) electrons. The molecule has 2 fully saturated rings. The number of rotatable bonds is 0. The van der Waals surface area contributed by atoms with Crippen LogP contribution in [-0.4, -0.2) is 0 Å². The van der Waals surface area contributed by atoms with Crippen LogP contribution in [0.5, 0.6) is 0 Å². The SMILES string of the molecule is C1CCCCCCCC1.CC1CCCCCCCC1. The molecule has 0 aromatic heterocycles. The van der Waals surface area contributed by atoms with Gasteiger partial charge in [0.15, 0.2) is 0 Å². The molecular weight excluding hydrogens is 228 g/mol. The molecule has 0 unspecified atom stereocenters. The Hall–Kier alpha value is 0. The van der Waals surface area contributed by atoms with E-state index in [1.807, 2.05) is 0 Å². The molecule has 0 heteroatoms. The average molecular weight is 267 g/mol. The highest BCUT2D eigenvalue weighted by atomic mass is 14.1. The van der Waals surface area contributed by atoms with E-state index < -0.39 is 0 Å². The second kappa shape index (κ2) is 13.0. The molecule has 0 aliphatic heterocycles. The van der Waals surface area contributed by atoms with Gasteiger partial charge in [0.2, 0.25) is 0 Å². The summed E-state index contributed by atoms with van der Waals surface area (Å²) in [6, 6.07) is 0. The summed E-state index contributed by atoms with van der Waals surface area (Å²) in [5.74, 6) is 1.01. The standard InChI is InChI=1S/C10H20.C9H18/c1-10-8-6-4-2-3-5-7-9-10;1-2-4-6-8-9-7-5-3-1/h10H,2-9H2,1H3;1-9H2. The van der Waals surface area contributed by atoms with Gasteiger partial charge in [-0.05, 0) is 5.92 Å². The van der Waals surface area contributed by atoms with Crippen molar-refractivity contribution in [3.8, 4) is 0 Å². The quantitative estimate of drug-likeness (QED) is 0.432. The number of hydrogen-bond donors (Lipinski definition) is 0. The van der Waals surface area contributed by atoms with Gasteiger partial charge in [-0.3, -0.25) is 0 Å². The first-order valence-corrected chi connectivity index (χ1v) is 9.39. The Bertz CT molecular complexity index is 134. The van der Waals surface area contributed by atoms with Crippen LogP contribution in [0.4, 0.5) is 0 Å². The van der Waals surface area contributed by atoms with Crippen LogP contribution in [0, 0.1) is 5.92 Å². The van der Waals surface area contributed by atoms with Gasteiger partial charge in [-0.2, -0.15) is 0 Å². The topological polar surface area (TPSA) is 0 Å². The fourth-order valence-electron chi connectivity index (χ4n) is 3.43. The summed E-state index contributed by atoms with van der Waals surface area (Å²) in [6.45, 7) is 2.41. The molecule has 2 aliphatic carbocycles. The highest BCUT2D eigenvalue weighted by Gasteiger charge is 2.03. The molecule has 19 heavy (non-hydrogen) atoms. The van der Waals surface area contributed by atoms with Gasteiger partial charge in [0, 0.05) is 0 Å². The third-order valence-electron chi connectivity index (χ3n) is 4.89. The molecule has 0 spiro atoms. The molecule has 2 rings (SSSR count). The van der Waals surface area contributed by atoms with Crippen molar-refractivity contribution in [1.82, 2.24) is 0 Å². The van der Waals surface area contributed by atoms with Crippen LogP contribution in [-0.2, 0) is 0 Å². The van der Waals surface area contributed by atoms with Crippen LogP contribution in [0.25, 0.3) is 0 Å². The van der Waals surface area contributed by atoms with Crippen molar-refractivity contribution >= 4 is 0 Å². The van der Waals surface area contributed by atoms with E-state index in [4.69, 9.17) is 0 Å². The zero-order valence-electron chi connectivity index (χ0n) is 13.6. The van der Waals surface area contributed by atoms with Gasteiger partial charge < -0.3 is 0 Å².